The van der Waals surface area contributed by atoms with Crippen LogP contribution >= 0.6 is 11.6 Å². The van der Waals surface area contributed by atoms with Gasteiger partial charge in [-0.25, -0.2) is 13.8 Å². The summed E-state index contributed by atoms with van der Waals surface area (Å²) in [5, 5.41) is 11.2. The number of likely N-dealkylation sites (N-methyl/N-ethyl adjacent to an activating group) is 1. The zero-order valence-corrected chi connectivity index (χ0v) is 24.8. The first-order valence-electron chi connectivity index (χ1n) is 15.2. The number of hydrogen-bond acceptors (Lipinski definition) is 9. The van der Waals surface area contributed by atoms with Crippen molar-refractivity contribution >= 4 is 28.3 Å². The number of phenolic OH excluding ortho intramolecular Hbond substituents is 1. The van der Waals surface area contributed by atoms with Crippen LogP contribution in [-0.2, 0) is 4.74 Å². The second kappa shape index (κ2) is 10.0. The molecule has 1 aromatic carbocycles. The standard InChI is InChI=1S/C31H34ClF2N5O4/c1-38-27-23-26(36-29(37-27)43-16-31-5-2-8-39(31)14-18(33)13-31)24(34)25(20-11-19(40)12-21(32)22(20)17-3-4-17)35-28(23)42-15-30(38)6-9-41-10-7-30/h11-12,17-18,40H,2-10,13-16H2,1H3/t18-,31+/m1/s1. The normalized spacial score (nSPS) is 26.5. The highest BCUT2D eigenvalue weighted by atomic mass is 35.5. The van der Waals surface area contributed by atoms with Crippen LogP contribution in [-0.4, -0.2) is 88.8 Å². The molecule has 1 spiro atoms. The van der Waals surface area contributed by atoms with Gasteiger partial charge in [-0.15, -0.1) is 0 Å². The second-order valence-corrected chi connectivity index (χ2v) is 13.3. The van der Waals surface area contributed by atoms with Crippen molar-refractivity contribution in [3.63, 3.8) is 0 Å². The zero-order chi connectivity index (χ0) is 29.5. The Bertz CT molecular complexity index is 1620. The monoisotopic (exact) mass is 613 g/mol. The van der Waals surface area contributed by atoms with Crippen molar-refractivity contribution < 1.29 is 28.1 Å². The molecule has 3 saturated heterocycles. The predicted octanol–water partition coefficient (Wildman–Crippen LogP) is 5.40. The molecule has 6 heterocycles. The summed E-state index contributed by atoms with van der Waals surface area (Å²) in [5.41, 5.74) is 0.362. The topological polar surface area (TPSA) is 93.1 Å². The number of hydrogen-bond donors (Lipinski definition) is 1. The Balaban J connectivity index is 1.29. The number of ether oxygens (including phenoxy) is 3. The van der Waals surface area contributed by atoms with E-state index in [4.69, 9.17) is 35.8 Å². The third kappa shape index (κ3) is 4.41. The minimum absolute atomic E-state index is 0.0139. The Morgan fingerprint density at radius 3 is 2.77 bits per heavy atom. The number of aromatic nitrogens is 3. The molecule has 1 saturated carbocycles. The van der Waals surface area contributed by atoms with Gasteiger partial charge in [-0.05, 0) is 68.7 Å². The van der Waals surface area contributed by atoms with Gasteiger partial charge in [0, 0.05) is 43.8 Å². The lowest BCUT2D eigenvalue weighted by Crippen LogP contribution is -2.54. The molecule has 12 heteroatoms. The second-order valence-electron chi connectivity index (χ2n) is 12.8. The van der Waals surface area contributed by atoms with E-state index >= 15 is 4.39 Å². The molecule has 0 radical (unpaired) electrons. The Kier molecular flexibility index (Phi) is 6.40. The Labute approximate surface area is 253 Å². The number of anilines is 1. The number of phenols is 1. The molecule has 0 bridgehead atoms. The van der Waals surface area contributed by atoms with Gasteiger partial charge >= 0.3 is 6.01 Å². The fourth-order valence-electron chi connectivity index (χ4n) is 7.68. The predicted molar refractivity (Wildman–Crippen MR) is 157 cm³/mol. The van der Waals surface area contributed by atoms with E-state index in [1.54, 1.807) is 0 Å². The molecule has 2 atom stereocenters. The minimum Gasteiger partial charge on any atom is -0.508 e. The van der Waals surface area contributed by atoms with Crippen LogP contribution in [0.5, 0.6) is 17.6 Å². The van der Waals surface area contributed by atoms with Crippen LogP contribution in [0.2, 0.25) is 5.02 Å². The smallest absolute Gasteiger partial charge is 0.319 e. The van der Waals surface area contributed by atoms with Crippen LogP contribution in [0.4, 0.5) is 14.6 Å². The minimum atomic E-state index is -0.897. The summed E-state index contributed by atoms with van der Waals surface area (Å²) in [6.07, 6.45) is 4.55. The number of pyridine rings is 1. The first-order chi connectivity index (χ1) is 20.8. The lowest BCUT2D eigenvalue weighted by molar-refractivity contribution is 0.0326. The highest BCUT2D eigenvalue weighted by molar-refractivity contribution is 6.32. The number of nitrogens with zero attached hydrogens (tertiary/aromatic N) is 5. The van der Waals surface area contributed by atoms with Crippen LogP contribution in [0.25, 0.3) is 22.2 Å². The Morgan fingerprint density at radius 1 is 1.16 bits per heavy atom. The van der Waals surface area contributed by atoms with Crippen molar-refractivity contribution in [3.05, 3.63) is 28.5 Å². The zero-order valence-electron chi connectivity index (χ0n) is 24.0. The van der Waals surface area contributed by atoms with Crippen molar-refractivity contribution in [2.75, 3.05) is 51.5 Å². The molecule has 1 N–H and O–H groups in total. The molecule has 1 aliphatic carbocycles. The number of benzene rings is 1. The van der Waals surface area contributed by atoms with Crippen molar-refractivity contribution in [2.45, 2.75) is 68.1 Å². The number of alkyl halides is 1. The average molecular weight is 614 g/mol. The van der Waals surface area contributed by atoms with Crippen LogP contribution in [0, 0.1) is 5.82 Å². The van der Waals surface area contributed by atoms with E-state index in [9.17, 15) is 9.50 Å². The molecule has 9 nitrogen and oxygen atoms in total. The first-order valence-corrected chi connectivity index (χ1v) is 15.6. The first kappa shape index (κ1) is 27.5. The van der Waals surface area contributed by atoms with Gasteiger partial charge in [0.1, 0.15) is 47.5 Å². The quantitative estimate of drug-likeness (QED) is 0.406. The Morgan fingerprint density at radius 2 is 1.98 bits per heavy atom. The molecule has 8 rings (SSSR count). The number of rotatable bonds is 5. The largest absolute Gasteiger partial charge is 0.508 e. The van der Waals surface area contributed by atoms with Crippen LogP contribution in [0.3, 0.4) is 0 Å². The maximum absolute atomic E-state index is 16.8. The SMILES string of the molecule is CN1c2nc(OC[C@@]34CCCN3C[C@H](F)C4)nc3c(F)c(-c4cc(O)cc(Cl)c4C4CC4)nc(c23)OCC12CCOCC2. The molecule has 4 fully saturated rings. The summed E-state index contributed by atoms with van der Waals surface area (Å²) < 4.78 is 49.6. The summed E-state index contributed by atoms with van der Waals surface area (Å²) in [6, 6.07) is 3.02. The van der Waals surface area contributed by atoms with Crippen LogP contribution < -0.4 is 14.4 Å². The van der Waals surface area contributed by atoms with Crippen molar-refractivity contribution in [3.8, 4) is 28.9 Å². The van der Waals surface area contributed by atoms with E-state index in [1.807, 2.05) is 11.9 Å². The maximum Gasteiger partial charge on any atom is 0.319 e. The lowest BCUT2D eigenvalue weighted by Gasteiger charge is -2.43. The van der Waals surface area contributed by atoms with E-state index in [2.05, 4.69) is 9.88 Å². The number of aromatic hydroxyl groups is 1. The molecule has 43 heavy (non-hydrogen) atoms. The molecular weight excluding hydrogens is 580 g/mol. The highest BCUT2D eigenvalue weighted by Crippen LogP contribution is 2.51. The maximum atomic E-state index is 16.8. The Hall–Kier alpha value is -3.02. The van der Waals surface area contributed by atoms with E-state index < -0.39 is 23.1 Å². The van der Waals surface area contributed by atoms with E-state index in [-0.39, 0.29) is 41.4 Å². The van der Waals surface area contributed by atoms with Crippen molar-refractivity contribution in [1.29, 1.82) is 0 Å². The molecule has 0 unspecified atom stereocenters. The summed E-state index contributed by atoms with van der Waals surface area (Å²) in [5.74, 6) is 0.117. The van der Waals surface area contributed by atoms with Crippen molar-refractivity contribution in [2.24, 2.45) is 0 Å². The number of fused-ring (bicyclic) bond motifs is 1. The summed E-state index contributed by atoms with van der Waals surface area (Å²) >= 11 is 6.59. The molecule has 3 aromatic rings. The fourth-order valence-corrected chi connectivity index (χ4v) is 8.05. The summed E-state index contributed by atoms with van der Waals surface area (Å²) in [6.45, 7) is 2.88. The van der Waals surface area contributed by atoms with Crippen LogP contribution in [0.1, 0.15) is 56.4 Å². The number of halogens is 3. The molecule has 228 valence electrons. The van der Waals surface area contributed by atoms with Gasteiger partial charge < -0.3 is 24.2 Å². The average Bonchev–Trinajstić information content (AvgIpc) is 3.69. The molecular formula is C31H34ClF2N5O4. The highest BCUT2D eigenvalue weighted by Gasteiger charge is 2.50. The molecule has 5 aliphatic rings. The van der Waals surface area contributed by atoms with Crippen LogP contribution in [0.15, 0.2) is 12.1 Å². The van der Waals surface area contributed by atoms with Gasteiger partial charge in [-0.2, -0.15) is 9.97 Å². The third-order valence-electron chi connectivity index (χ3n) is 10.2. The third-order valence-corrected chi connectivity index (χ3v) is 10.5. The van der Waals surface area contributed by atoms with Gasteiger partial charge in [0.15, 0.2) is 5.82 Å². The lowest BCUT2D eigenvalue weighted by atomic mass is 9.89. The van der Waals surface area contributed by atoms with E-state index in [0.717, 1.165) is 37.8 Å². The summed E-state index contributed by atoms with van der Waals surface area (Å²) in [7, 11) is 1.93. The fraction of sp³-hybridized carbons (Fsp3) is 0.581. The van der Waals surface area contributed by atoms with Gasteiger partial charge in [-0.1, -0.05) is 11.6 Å². The van der Waals surface area contributed by atoms with Gasteiger partial charge in [-0.3, -0.25) is 4.90 Å². The van der Waals surface area contributed by atoms with E-state index in [1.165, 1.54) is 12.1 Å². The van der Waals surface area contributed by atoms with Gasteiger partial charge in [0.05, 0.1) is 11.1 Å². The molecule has 0 amide bonds. The van der Waals surface area contributed by atoms with Crippen molar-refractivity contribution in [1.82, 2.24) is 19.9 Å². The van der Waals surface area contributed by atoms with E-state index in [0.29, 0.717) is 67.4 Å². The van der Waals surface area contributed by atoms with Gasteiger partial charge in [0.2, 0.25) is 5.88 Å². The summed E-state index contributed by atoms with van der Waals surface area (Å²) in [4.78, 5) is 18.4. The molecule has 2 aromatic heterocycles. The van der Waals surface area contributed by atoms with Gasteiger partial charge in [0.25, 0.3) is 0 Å². The molecule has 4 aliphatic heterocycles.